The number of nitro groups is 1. The second kappa shape index (κ2) is 16.6. The average molecular weight is 785 g/mol. The van der Waals surface area contributed by atoms with Crippen molar-refractivity contribution in [1.82, 2.24) is 19.5 Å². The van der Waals surface area contributed by atoms with E-state index < -0.39 is 4.92 Å². The molecule has 0 saturated heterocycles. The first-order chi connectivity index (χ1) is 26.4. The summed E-state index contributed by atoms with van der Waals surface area (Å²) in [6, 6.07) is 14.2. The number of ether oxygens (including phenoxy) is 2. The Labute approximate surface area is 326 Å². The summed E-state index contributed by atoms with van der Waals surface area (Å²) in [4.78, 5) is 55.2. The molecule has 0 unspecified atom stereocenters. The van der Waals surface area contributed by atoms with E-state index in [2.05, 4.69) is 25.3 Å². The van der Waals surface area contributed by atoms with Crippen molar-refractivity contribution in [3.05, 3.63) is 132 Å². The van der Waals surface area contributed by atoms with Gasteiger partial charge in [0.1, 0.15) is 42.2 Å². The van der Waals surface area contributed by atoms with Gasteiger partial charge in [-0.25, -0.2) is 15.0 Å². The number of nitrogens with one attached hydrogen (secondary N) is 1. The number of rotatable bonds is 15. The Bertz CT molecular complexity index is 2420. The molecule has 55 heavy (non-hydrogen) atoms. The minimum atomic E-state index is -0.460. The highest BCUT2D eigenvalue weighted by molar-refractivity contribution is 6.41. The monoisotopic (exact) mass is 783 g/mol. The summed E-state index contributed by atoms with van der Waals surface area (Å²) >= 11 is 13.6. The lowest BCUT2D eigenvalue weighted by Crippen LogP contribution is -2.41. The van der Waals surface area contributed by atoms with Crippen LogP contribution in [-0.4, -0.2) is 82.3 Å². The number of aromatic nitrogens is 4. The van der Waals surface area contributed by atoms with Crippen LogP contribution < -0.4 is 20.3 Å². The maximum Gasteiger partial charge on any atom is 0.368 e. The lowest BCUT2D eigenvalue weighted by molar-refractivity contribution is -0.880. The van der Waals surface area contributed by atoms with E-state index in [1.165, 1.54) is 26.6 Å². The second-order valence-electron chi connectivity index (χ2n) is 13.4. The van der Waals surface area contributed by atoms with Gasteiger partial charge in [-0.2, -0.15) is 0 Å². The number of hydrogen-bond acceptors (Lipinski definition) is 11. The van der Waals surface area contributed by atoms with Crippen LogP contribution in [0, 0.1) is 10.1 Å². The number of quaternary nitrogens is 1. The molecule has 16 heteroatoms. The van der Waals surface area contributed by atoms with Crippen LogP contribution in [0.15, 0.2) is 101 Å². The van der Waals surface area contributed by atoms with Crippen molar-refractivity contribution in [2.75, 3.05) is 46.7 Å². The van der Waals surface area contributed by atoms with Crippen molar-refractivity contribution in [1.29, 1.82) is 0 Å². The summed E-state index contributed by atoms with van der Waals surface area (Å²) in [5.74, 6) is 1.32. The van der Waals surface area contributed by atoms with Crippen molar-refractivity contribution in [2.45, 2.75) is 19.4 Å². The first-order valence-electron chi connectivity index (χ1n) is 17.0. The number of benzene rings is 2. The highest BCUT2D eigenvalue weighted by atomic mass is 35.5. The number of pyridine rings is 2. The zero-order valence-electron chi connectivity index (χ0n) is 30.5. The molecule has 5 aromatic rings. The van der Waals surface area contributed by atoms with E-state index in [4.69, 9.17) is 32.7 Å². The fourth-order valence-corrected chi connectivity index (χ4v) is 7.07. The topological polar surface area (TPSA) is 164 Å². The number of nitrogens with zero attached hydrogens (tertiary/aromatic N) is 7. The molecule has 6 rings (SSSR count). The van der Waals surface area contributed by atoms with Crippen LogP contribution in [0.2, 0.25) is 10.0 Å². The molecule has 3 aromatic heterocycles. The average Bonchev–Trinajstić information content (AvgIpc) is 3.62. The maximum atomic E-state index is 14.6. The van der Waals surface area contributed by atoms with E-state index in [0.29, 0.717) is 52.1 Å². The number of allylic oxidation sites excluding steroid dienone is 1. The van der Waals surface area contributed by atoms with Crippen molar-refractivity contribution < 1.29 is 23.7 Å². The van der Waals surface area contributed by atoms with Gasteiger partial charge in [-0.1, -0.05) is 52.5 Å². The molecule has 0 fully saturated rings. The Morgan fingerprint density at radius 1 is 1.04 bits per heavy atom. The molecule has 0 aliphatic carbocycles. The first-order valence-corrected chi connectivity index (χ1v) is 17.8. The van der Waals surface area contributed by atoms with Gasteiger partial charge in [0.05, 0.1) is 68.1 Å². The molecular weight excluding hydrogens is 747 g/mol. The van der Waals surface area contributed by atoms with E-state index in [9.17, 15) is 19.7 Å². The molecule has 1 aliphatic heterocycles. The van der Waals surface area contributed by atoms with Crippen LogP contribution in [0.5, 0.6) is 11.5 Å². The molecular formula is C39H37Cl2N8O6+. The number of carbonyl (C=O) groups excluding carboxylic acids is 1. The summed E-state index contributed by atoms with van der Waals surface area (Å²) in [7, 11) is 6.81. The number of likely N-dealkylation sites (N-methyl/N-ethyl adjacent to an activating group) is 1. The van der Waals surface area contributed by atoms with Crippen LogP contribution in [0.4, 0.5) is 11.6 Å². The molecule has 1 aliphatic rings. The normalized spacial score (nSPS) is 12.8. The molecule has 0 spiro atoms. The van der Waals surface area contributed by atoms with Crippen molar-refractivity contribution in [3.8, 4) is 22.6 Å². The van der Waals surface area contributed by atoms with Gasteiger partial charge in [0.25, 0.3) is 5.56 Å². The second-order valence-corrected chi connectivity index (χ2v) is 14.2. The molecule has 0 saturated carbocycles. The van der Waals surface area contributed by atoms with Crippen LogP contribution >= 0.6 is 23.2 Å². The third-order valence-corrected chi connectivity index (χ3v) is 9.68. The number of aliphatic imine (C=N–C) groups is 1. The number of carbonyl (C=O) groups is 1. The predicted molar refractivity (Wildman–Crippen MR) is 212 cm³/mol. The standard InChI is InChI=1S/C39H36Cl2N8O6/c1-49(2,22-26-10-13-43-38(26)48(52)53)14-6-9-28(50)16-24-7-5-8-25(15-24)21-47-30-18-34(46-33-11-12-42-23-45-33)44-20-27(30)17-29(39(47)51)35-36(40)31(54-3)19-32(55-4)37(35)41/h5-9,11-13,15,17-20,23H,10,14,16,21-22H2,1-4H3/p+1/b9-6+. The smallest absolute Gasteiger partial charge is 0.368 e. The molecule has 0 radical (unpaired) electrons. The van der Waals surface area contributed by atoms with Crippen LogP contribution in [-0.2, 0) is 17.8 Å². The van der Waals surface area contributed by atoms with Crippen molar-refractivity contribution >= 4 is 57.7 Å². The van der Waals surface area contributed by atoms with Gasteiger partial charge in [-0.15, -0.1) is 0 Å². The quantitative estimate of drug-likeness (QED) is 0.0525. The third-order valence-electron chi connectivity index (χ3n) is 8.93. The van der Waals surface area contributed by atoms with Gasteiger partial charge in [-0.05, 0) is 40.3 Å². The number of ketones is 1. The molecule has 0 amide bonds. The van der Waals surface area contributed by atoms with E-state index >= 15 is 0 Å². The highest BCUT2D eigenvalue weighted by Crippen LogP contribution is 2.45. The zero-order chi connectivity index (χ0) is 39.3. The van der Waals surface area contributed by atoms with Gasteiger partial charge in [0, 0.05) is 48.3 Å². The molecule has 2 aromatic carbocycles. The molecule has 282 valence electrons. The van der Waals surface area contributed by atoms with Crippen LogP contribution in [0.3, 0.4) is 0 Å². The fourth-order valence-electron chi connectivity index (χ4n) is 6.36. The van der Waals surface area contributed by atoms with Gasteiger partial charge in [0.15, 0.2) is 5.78 Å². The van der Waals surface area contributed by atoms with Crippen molar-refractivity contribution in [2.24, 2.45) is 4.99 Å². The largest absolute Gasteiger partial charge is 0.495 e. The van der Waals surface area contributed by atoms with Crippen molar-refractivity contribution in [3.63, 3.8) is 0 Å². The van der Waals surface area contributed by atoms with Crippen LogP contribution in [0.1, 0.15) is 17.5 Å². The predicted octanol–water partition coefficient (Wildman–Crippen LogP) is 6.68. The molecule has 1 N–H and O–H groups in total. The van der Waals surface area contributed by atoms with E-state index in [0.717, 1.165) is 11.1 Å². The number of hydrogen-bond donors (Lipinski definition) is 1. The van der Waals surface area contributed by atoms with Gasteiger partial charge >= 0.3 is 5.82 Å². The highest BCUT2D eigenvalue weighted by Gasteiger charge is 2.28. The Kier molecular flexibility index (Phi) is 11.7. The summed E-state index contributed by atoms with van der Waals surface area (Å²) in [6.45, 7) is 1.05. The lowest BCUT2D eigenvalue weighted by Gasteiger charge is -2.28. The summed E-state index contributed by atoms with van der Waals surface area (Å²) in [6.07, 6.45) is 10.1. The molecule has 4 heterocycles. The fraction of sp³-hybridized carbons (Fsp3) is 0.231. The van der Waals surface area contributed by atoms with Gasteiger partial charge in [-0.3, -0.25) is 9.59 Å². The summed E-state index contributed by atoms with van der Waals surface area (Å²) in [5, 5.41) is 15.4. The Balaban J connectivity index is 1.31. The zero-order valence-corrected chi connectivity index (χ0v) is 32.0. The Morgan fingerprint density at radius 2 is 1.78 bits per heavy atom. The first kappa shape index (κ1) is 38.8. The SMILES string of the molecule is COc1cc(OC)c(Cl)c(-c2cc3cnc(Nc4ccncn4)cc3n(Cc3cccc(CC(=O)/C=C/C[N+](C)(C)CC4=C([N+](=O)[O-])N=CC4)c3)c2=O)c1Cl. The minimum absolute atomic E-state index is 0.0997. The van der Waals surface area contributed by atoms with E-state index in [1.54, 1.807) is 53.5 Å². The molecule has 14 nitrogen and oxygen atoms in total. The number of halogens is 2. The van der Waals surface area contributed by atoms with E-state index in [-0.39, 0.29) is 62.8 Å². The number of anilines is 2. The summed E-state index contributed by atoms with van der Waals surface area (Å²) in [5.41, 5.74) is 2.83. The maximum absolute atomic E-state index is 14.6. The number of fused-ring (bicyclic) bond motifs is 1. The van der Waals surface area contributed by atoms with Gasteiger partial charge in [0.2, 0.25) is 0 Å². The molecule has 0 bridgehead atoms. The Morgan fingerprint density at radius 3 is 2.47 bits per heavy atom. The Hall–Kier alpha value is -5.96. The minimum Gasteiger partial charge on any atom is -0.495 e. The molecule has 0 atom stereocenters. The third kappa shape index (κ3) is 8.89. The van der Waals surface area contributed by atoms with E-state index in [1.807, 2.05) is 38.4 Å². The number of methoxy groups -OCH3 is 2. The summed E-state index contributed by atoms with van der Waals surface area (Å²) < 4.78 is 13.0. The van der Waals surface area contributed by atoms with Crippen LogP contribution in [0.25, 0.3) is 22.0 Å². The van der Waals surface area contributed by atoms with Gasteiger partial charge < -0.3 is 34.0 Å². The lowest BCUT2D eigenvalue weighted by atomic mass is 10.0.